The van der Waals surface area contributed by atoms with Crippen molar-refractivity contribution < 1.29 is 27.5 Å². The van der Waals surface area contributed by atoms with Crippen molar-refractivity contribution in [3.05, 3.63) is 119 Å². The Morgan fingerprint density at radius 2 is 1.41 bits per heavy atom. The minimum Gasteiger partial charge on any atom is -0.493 e. The summed E-state index contributed by atoms with van der Waals surface area (Å²) in [5.41, 5.74) is 4.07. The first kappa shape index (κ1) is 37.0. The monoisotopic (exact) mass is 685 g/mol. The molecule has 0 aromatic heterocycles. The predicted molar refractivity (Wildman–Crippen MR) is 194 cm³/mol. The zero-order valence-corrected chi connectivity index (χ0v) is 30.4. The molecule has 1 atom stereocenters. The zero-order valence-electron chi connectivity index (χ0n) is 29.6. The van der Waals surface area contributed by atoms with Crippen LogP contribution < -0.4 is 19.1 Å². The van der Waals surface area contributed by atoms with Gasteiger partial charge in [0, 0.05) is 24.6 Å². The largest absolute Gasteiger partial charge is 0.493 e. The van der Waals surface area contributed by atoms with Gasteiger partial charge in [-0.3, -0.25) is 13.9 Å². The first-order valence-corrected chi connectivity index (χ1v) is 17.6. The number of nitrogens with zero attached hydrogens (tertiary/aromatic N) is 2. The number of amides is 2. The van der Waals surface area contributed by atoms with E-state index < -0.39 is 34.1 Å². The molecule has 10 heteroatoms. The Morgan fingerprint density at radius 3 is 2.00 bits per heavy atom. The topological polar surface area (TPSA) is 105 Å². The Morgan fingerprint density at radius 1 is 0.796 bits per heavy atom. The summed E-state index contributed by atoms with van der Waals surface area (Å²) in [5, 5.41) is 3.06. The van der Waals surface area contributed by atoms with Crippen LogP contribution in [-0.2, 0) is 32.6 Å². The molecule has 49 heavy (non-hydrogen) atoms. The lowest BCUT2D eigenvalue weighted by atomic mass is 10.00. The van der Waals surface area contributed by atoms with E-state index in [0.717, 1.165) is 32.1 Å². The van der Waals surface area contributed by atoms with Gasteiger partial charge >= 0.3 is 0 Å². The molecule has 2 amide bonds. The Kier molecular flexibility index (Phi) is 11.8. The van der Waals surface area contributed by atoms with Crippen molar-refractivity contribution in [2.75, 3.05) is 25.1 Å². The van der Waals surface area contributed by atoms with Gasteiger partial charge in [0.15, 0.2) is 11.5 Å². The van der Waals surface area contributed by atoms with Gasteiger partial charge in [-0.2, -0.15) is 0 Å². The van der Waals surface area contributed by atoms with Gasteiger partial charge in [0.2, 0.25) is 11.8 Å². The highest BCUT2D eigenvalue weighted by atomic mass is 32.2. The number of carbonyl (C=O) groups is 2. The van der Waals surface area contributed by atoms with E-state index in [9.17, 15) is 18.0 Å². The van der Waals surface area contributed by atoms with E-state index in [1.807, 2.05) is 102 Å². The molecule has 0 saturated heterocycles. The number of rotatable bonds is 13. The van der Waals surface area contributed by atoms with E-state index in [1.54, 1.807) is 12.1 Å². The SMILES string of the molecule is COc1ccc(S(=O)(=O)N(CC(=O)N(Cc2ccccc2C)[C@H](Cc2ccccc2)C(=O)NC(C)(C)C)c2cc(C)cc(C)c2)cc1OC. The number of benzene rings is 4. The third kappa shape index (κ3) is 9.41. The molecule has 0 bridgehead atoms. The summed E-state index contributed by atoms with van der Waals surface area (Å²) in [7, 11) is -1.44. The molecule has 0 radical (unpaired) electrons. The van der Waals surface area contributed by atoms with E-state index in [0.29, 0.717) is 11.4 Å². The van der Waals surface area contributed by atoms with E-state index in [-0.39, 0.29) is 29.5 Å². The van der Waals surface area contributed by atoms with Gasteiger partial charge < -0.3 is 19.7 Å². The number of sulfonamides is 1. The van der Waals surface area contributed by atoms with Gasteiger partial charge in [0.1, 0.15) is 12.6 Å². The molecular weight excluding hydrogens is 639 g/mol. The summed E-state index contributed by atoms with van der Waals surface area (Å²) in [6, 6.07) is 25.9. The molecule has 0 aliphatic rings. The van der Waals surface area contributed by atoms with Gasteiger partial charge in [-0.25, -0.2) is 8.42 Å². The maximum absolute atomic E-state index is 14.8. The summed E-state index contributed by atoms with van der Waals surface area (Å²) in [6.45, 7) is 10.9. The fourth-order valence-electron chi connectivity index (χ4n) is 5.71. The normalized spacial score (nSPS) is 12.2. The van der Waals surface area contributed by atoms with Crippen molar-refractivity contribution in [3.8, 4) is 11.5 Å². The molecule has 0 fully saturated rings. The summed E-state index contributed by atoms with van der Waals surface area (Å²) >= 11 is 0. The van der Waals surface area contributed by atoms with Crippen LogP contribution in [0.25, 0.3) is 0 Å². The first-order chi connectivity index (χ1) is 23.1. The van der Waals surface area contributed by atoms with Crippen molar-refractivity contribution in [1.29, 1.82) is 0 Å². The zero-order chi connectivity index (χ0) is 35.9. The second-order valence-corrected chi connectivity index (χ2v) is 15.1. The second kappa shape index (κ2) is 15.6. The number of aryl methyl sites for hydroxylation is 3. The third-order valence-electron chi connectivity index (χ3n) is 8.09. The second-order valence-electron chi connectivity index (χ2n) is 13.3. The van der Waals surface area contributed by atoms with Crippen LogP contribution in [0.3, 0.4) is 0 Å². The summed E-state index contributed by atoms with van der Waals surface area (Å²) in [5.74, 6) is -0.262. The highest BCUT2D eigenvalue weighted by Crippen LogP contribution is 2.33. The standard InChI is InChI=1S/C39H47N3O6S/c1-27-20-28(2)22-32(21-27)42(49(45,46)33-18-19-35(47-7)36(24-33)48-8)26-37(43)41(25-31-17-13-12-14-29(31)3)34(38(44)40-39(4,5)6)23-30-15-10-9-11-16-30/h9-22,24,34H,23,25-26H2,1-8H3,(H,40,44)/t34-/m1/s1. The van der Waals surface area contributed by atoms with Crippen molar-refractivity contribution in [3.63, 3.8) is 0 Å². The number of methoxy groups -OCH3 is 2. The van der Waals surface area contributed by atoms with Crippen molar-refractivity contribution in [2.24, 2.45) is 0 Å². The molecule has 0 unspecified atom stereocenters. The van der Waals surface area contributed by atoms with Crippen molar-refractivity contribution in [1.82, 2.24) is 10.2 Å². The van der Waals surface area contributed by atoms with Crippen LogP contribution in [-0.4, -0.2) is 57.5 Å². The predicted octanol–water partition coefficient (Wildman–Crippen LogP) is 6.38. The molecule has 1 N–H and O–H groups in total. The van der Waals surface area contributed by atoms with Crippen LogP contribution in [0, 0.1) is 20.8 Å². The van der Waals surface area contributed by atoms with E-state index in [2.05, 4.69) is 5.32 Å². The molecule has 9 nitrogen and oxygen atoms in total. The fraction of sp³-hybridized carbons (Fsp3) is 0.333. The van der Waals surface area contributed by atoms with Crippen molar-refractivity contribution in [2.45, 2.75) is 71.0 Å². The van der Waals surface area contributed by atoms with Crippen LogP contribution >= 0.6 is 0 Å². The lowest BCUT2D eigenvalue weighted by Gasteiger charge is -2.35. The average molecular weight is 686 g/mol. The molecule has 4 aromatic rings. The Hall–Kier alpha value is -4.83. The molecule has 0 heterocycles. The first-order valence-electron chi connectivity index (χ1n) is 16.2. The molecule has 0 spiro atoms. The van der Waals surface area contributed by atoms with Crippen LogP contribution in [0.15, 0.2) is 95.9 Å². The third-order valence-corrected chi connectivity index (χ3v) is 9.86. The molecule has 260 valence electrons. The van der Waals surface area contributed by atoms with Crippen LogP contribution in [0.4, 0.5) is 5.69 Å². The van der Waals surface area contributed by atoms with Crippen molar-refractivity contribution >= 4 is 27.5 Å². The number of hydrogen-bond acceptors (Lipinski definition) is 6. The molecule has 0 aliphatic heterocycles. The summed E-state index contributed by atoms with van der Waals surface area (Å²) in [4.78, 5) is 30.4. The van der Waals surface area contributed by atoms with Gasteiger partial charge in [0.25, 0.3) is 10.0 Å². The summed E-state index contributed by atoms with van der Waals surface area (Å²) in [6.07, 6.45) is 0.229. The van der Waals surface area contributed by atoms with Gasteiger partial charge in [0.05, 0.1) is 24.8 Å². The lowest BCUT2D eigenvalue weighted by Crippen LogP contribution is -2.56. The molecule has 4 aromatic carbocycles. The van der Waals surface area contributed by atoms with Crippen LogP contribution in [0.1, 0.15) is 48.6 Å². The van der Waals surface area contributed by atoms with E-state index in [4.69, 9.17) is 9.47 Å². The van der Waals surface area contributed by atoms with Crippen LogP contribution in [0.5, 0.6) is 11.5 Å². The fourth-order valence-corrected chi connectivity index (χ4v) is 7.12. The Balaban J connectivity index is 1.88. The smallest absolute Gasteiger partial charge is 0.264 e. The Labute approximate surface area is 290 Å². The van der Waals surface area contributed by atoms with Crippen LogP contribution in [0.2, 0.25) is 0 Å². The quantitative estimate of drug-likeness (QED) is 0.175. The van der Waals surface area contributed by atoms with E-state index >= 15 is 0 Å². The molecule has 0 aliphatic carbocycles. The average Bonchev–Trinajstić information content (AvgIpc) is 3.04. The molecule has 0 saturated carbocycles. The highest BCUT2D eigenvalue weighted by Gasteiger charge is 2.36. The number of hydrogen-bond donors (Lipinski definition) is 1. The highest BCUT2D eigenvalue weighted by molar-refractivity contribution is 7.92. The van der Waals surface area contributed by atoms with Gasteiger partial charge in [-0.05, 0) is 93.6 Å². The number of carbonyl (C=O) groups excluding carboxylic acids is 2. The van der Waals surface area contributed by atoms with Gasteiger partial charge in [-0.15, -0.1) is 0 Å². The minimum atomic E-state index is -4.34. The molecular formula is C39H47N3O6S. The minimum absolute atomic E-state index is 0.0751. The number of anilines is 1. The maximum atomic E-state index is 14.8. The van der Waals surface area contributed by atoms with E-state index in [1.165, 1.54) is 37.3 Å². The molecule has 4 rings (SSSR count). The maximum Gasteiger partial charge on any atom is 0.264 e. The lowest BCUT2D eigenvalue weighted by molar-refractivity contribution is -0.140. The number of nitrogens with one attached hydrogen (secondary N) is 1. The van der Waals surface area contributed by atoms with Gasteiger partial charge in [-0.1, -0.05) is 60.7 Å². The summed E-state index contributed by atoms with van der Waals surface area (Å²) < 4.78 is 41.0. The number of ether oxygens (including phenoxy) is 2. The Bertz CT molecular complexity index is 1870.